The minimum absolute atomic E-state index is 0.245. The number of nitrogens with one attached hydrogen (secondary N) is 1. The lowest BCUT2D eigenvalue weighted by molar-refractivity contribution is 0.0938. The molecule has 0 bridgehead atoms. The van der Waals surface area contributed by atoms with Crippen molar-refractivity contribution in [3.8, 4) is 17.1 Å². The fraction of sp³-hybridized carbons (Fsp3) is 0.200. The molecule has 1 aromatic heterocycles. The van der Waals surface area contributed by atoms with Crippen LogP contribution in [0.5, 0.6) is 5.75 Å². The van der Waals surface area contributed by atoms with Crippen LogP contribution < -0.4 is 10.1 Å². The highest BCUT2D eigenvalue weighted by Gasteiger charge is 2.13. The molecular formula is C20H19BrN2O3. The van der Waals surface area contributed by atoms with Gasteiger partial charge in [0.25, 0.3) is 5.91 Å². The summed E-state index contributed by atoms with van der Waals surface area (Å²) in [6, 6.07) is 15.1. The van der Waals surface area contributed by atoms with E-state index in [2.05, 4.69) is 26.4 Å². The number of carbonyl (C=O) groups is 1. The van der Waals surface area contributed by atoms with Gasteiger partial charge in [-0.2, -0.15) is 0 Å². The van der Waals surface area contributed by atoms with Gasteiger partial charge in [0.05, 0.1) is 6.54 Å². The van der Waals surface area contributed by atoms with Gasteiger partial charge in [0.1, 0.15) is 12.4 Å². The first-order valence-corrected chi connectivity index (χ1v) is 9.04. The zero-order valence-corrected chi connectivity index (χ0v) is 16.2. The first-order valence-electron chi connectivity index (χ1n) is 8.24. The second kappa shape index (κ2) is 8.19. The van der Waals surface area contributed by atoms with Gasteiger partial charge < -0.3 is 14.6 Å². The van der Waals surface area contributed by atoms with Gasteiger partial charge in [-0.1, -0.05) is 45.4 Å². The topological polar surface area (TPSA) is 64.4 Å². The smallest absolute Gasteiger partial charge is 0.273 e. The van der Waals surface area contributed by atoms with E-state index in [-0.39, 0.29) is 11.6 Å². The third kappa shape index (κ3) is 4.32. The summed E-state index contributed by atoms with van der Waals surface area (Å²) in [6.07, 6.45) is 0. The molecule has 0 atom stereocenters. The van der Waals surface area contributed by atoms with E-state index in [9.17, 15) is 4.79 Å². The average molecular weight is 415 g/mol. The molecule has 134 valence electrons. The number of hydrogen-bond donors (Lipinski definition) is 1. The molecule has 1 heterocycles. The molecule has 0 unspecified atom stereocenters. The molecule has 1 amide bonds. The van der Waals surface area contributed by atoms with Gasteiger partial charge in [0.15, 0.2) is 11.5 Å². The zero-order chi connectivity index (χ0) is 18.5. The molecule has 1 N–H and O–H groups in total. The van der Waals surface area contributed by atoms with E-state index in [4.69, 9.17) is 9.26 Å². The lowest BCUT2D eigenvalue weighted by atomic mass is 10.1. The van der Waals surface area contributed by atoms with Gasteiger partial charge in [-0.25, -0.2) is 0 Å². The van der Waals surface area contributed by atoms with E-state index in [1.807, 2.05) is 56.3 Å². The normalized spacial score (nSPS) is 10.6. The van der Waals surface area contributed by atoms with Crippen LogP contribution in [0.4, 0.5) is 0 Å². The van der Waals surface area contributed by atoms with Crippen molar-refractivity contribution in [2.24, 2.45) is 0 Å². The molecule has 0 fully saturated rings. The monoisotopic (exact) mass is 414 g/mol. The molecular weight excluding hydrogens is 396 g/mol. The molecule has 3 rings (SSSR count). The molecule has 2 aromatic carbocycles. The van der Waals surface area contributed by atoms with Gasteiger partial charge >= 0.3 is 0 Å². The Bertz CT molecular complexity index is 904. The van der Waals surface area contributed by atoms with Crippen LogP contribution in [0.15, 0.2) is 57.5 Å². The van der Waals surface area contributed by atoms with Crippen molar-refractivity contribution in [1.29, 1.82) is 0 Å². The quantitative estimate of drug-likeness (QED) is 0.601. The third-order valence-corrected chi connectivity index (χ3v) is 4.60. The highest BCUT2D eigenvalue weighted by Crippen LogP contribution is 2.22. The molecule has 26 heavy (non-hydrogen) atoms. The van der Waals surface area contributed by atoms with E-state index < -0.39 is 0 Å². The lowest BCUT2D eigenvalue weighted by Crippen LogP contribution is -2.28. The van der Waals surface area contributed by atoms with Crippen LogP contribution in [-0.4, -0.2) is 24.2 Å². The summed E-state index contributed by atoms with van der Waals surface area (Å²) < 4.78 is 12.0. The first-order chi connectivity index (χ1) is 12.5. The number of amides is 1. The van der Waals surface area contributed by atoms with Crippen LogP contribution in [0.1, 0.15) is 21.6 Å². The summed E-state index contributed by atoms with van der Waals surface area (Å²) >= 11 is 3.38. The first kappa shape index (κ1) is 18.2. The van der Waals surface area contributed by atoms with Gasteiger partial charge in [-0.15, -0.1) is 0 Å². The minimum atomic E-state index is -0.290. The van der Waals surface area contributed by atoms with Crippen molar-refractivity contribution in [2.45, 2.75) is 13.8 Å². The highest BCUT2D eigenvalue weighted by atomic mass is 79.9. The van der Waals surface area contributed by atoms with Crippen molar-refractivity contribution >= 4 is 21.8 Å². The maximum atomic E-state index is 12.2. The van der Waals surface area contributed by atoms with Gasteiger partial charge in [0, 0.05) is 16.1 Å². The highest BCUT2D eigenvalue weighted by molar-refractivity contribution is 9.10. The predicted octanol–water partition coefficient (Wildman–Crippen LogP) is 4.53. The van der Waals surface area contributed by atoms with Crippen LogP contribution in [0, 0.1) is 13.8 Å². The number of aryl methyl sites for hydroxylation is 1. The van der Waals surface area contributed by atoms with E-state index in [0.29, 0.717) is 18.9 Å². The molecule has 0 aliphatic rings. The molecule has 0 aliphatic heterocycles. The average Bonchev–Trinajstić information content (AvgIpc) is 3.13. The van der Waals surface area contributed by atoms with E-state index >= 15 is 0 Å². The summed E-state index contributed by atoms with van der Waals surface area (Å²) in [7, 11) is 0. The molecule has 6 heteroatoms. The fourth-order valence-electron chi connectivity index (χ4n) is 2.43. The number of ether oxygens (including phenoxy) is 1. The third-order valence-electron chi connectivity index (χ3n) is 4.07. The summed E-state index contributed by atoms with van der Waals surface area (Å²) in [4.78, 5) is 12.2. The van der Waals surface area contributed by atoms with Crippen molar-refractivity contribution < 1.29 is 14.1 Å². The second-order valence-electron chi connectivity index (χ2n) is 5.89. The maximum absolute atomic E-state index is 12.2. The van der Waals surface area contributed by atoms with Crippen LogP contribution >= 0.6 is 15.9 Å². The lowest BCUT2D eigenvalue weighted by Gasteiger charge is -2.10. The number of rotatable bonds is 6. The van der Waals surface area contributed by atoms with Crippen LogP contribution in [-0.2, 0) is 0 Å². The SMILES string of the molecule is Cc1cccc(OCCNC(=O)c2cc(-c3ccc(Br)cc3)on2)c1C. The Morgan fingerprint density at radius 2 is 1.96 bits per heavy atom. The Kier molecular flexibility index (Phi) is 5.73. The Hall–Kier alpha value is -2.60. The van der Waals surface area contributed by atoms with Crippen LogP contribution in [0.25, 0.3) is 11.3 Å². The van der Waals surface area contributed by atoms with Crippen LogP contribution in [0.2, 0.25) is 0 Å². The summed E-state index contributed by atoms with van der Waals surface area (Å²) in [5.74, 6) is 1.09. The van der Waals surface area contributed by atoms with E-state index in [0.717, 1.165) is 21.3 Å². The Labute approximate surface area is 160 Å². The number of carbonyl (C=O) groups excluding carboxylic acids is 1. The van der Waals surface area contributed by atoms with E-state index in [1.165, 1.54) is 5.56 Å². The Morgan fingerprint density at radius 1 is 1.19 bits per heavy atom. The summed E-state index contributed by atoms with van der Waals surface area (Å²) in [5.41, 5.74) is 3.39. The second-order valence-corrected chi connectivity index (χ2v) is 6.80. The van der Waals surface area contributed by atoms with Crippen LogP contribution in [0.3, 0.4) is 0 Å². The largest absolute Gasteiger partial charge is 0.491 e. The fourth-order valence-corrected chi connectivity index (χ4v) is 2.69. The zero-order valence-electron chi connectivity index (χ0n) is 14.6. The molecule has 0 saturated carbocycles. The van der Waals surface area contributed by atoms with E-state index in [1.54, 1.807) is 6.07 Å². The Morgan fingerprint density at radius 3 is 2.73 bits per heavy atom. The summed E-state index contributed by atoms with van der Waals surface area (Å²) in [5, 5.41) is 6.62. The number of aromatic nitrogens is 1. The summed E-state index contributed by atoms with van der Waals surface area (Å²) in [6.45, 7) is 4.82. The van der Waals surface area contributed by atoms with Crippen molar-refractivity contribution in [3.05, 3.63) is 69.8 Å². The number of hydrogen-bond acceptors (Lipinski definition) is 4. The van der Waals surface area contributed by atoms with Gasteiger partial charge in [-0.3, -0.25) is 4.79 Å². The molecule has 5 nitrogen and oxygen atoms in total. The number of benzene rings is 2. The van der Waals surface area contributed by atoms with Crippen molar-refractivity contribution in [1.82, 2.24) is 10.5 Å². The standard InChI is InChI=1S/C20H19BrN2O3/c1-13-4-3-5-18(14(13)2)25-11-10-22-20(24)17-12-19(26-23-17)15-6-8-16(21)9-7-15/h3-9,12H,10-11H2,1-2H3,(H,22,24). The van der Waals surface area contributed by atoms with Crippen molar-refractivity contribution in [2.75, 3.05) is 13.2 Å². The maximum Gasteiger partial charge on any atom is 0.273 e. The van der Waals surface area contributed by atoms with Gasteiger partial charge in [0.2, 0.25) is 0 Å². The molecule has 0 spiro atoms. The number of nitrogens with zero attached hydrogens (tertiary/aromatic N) is 1. The molecule has 0 aliphatic carbocycles. The van der Waals surface area contributed by atoms with Gasteiger partial charge in [-0.05, 0) is 43.2 Å². The molecule has 0 saturated heterocycles. The molecule has 3 aromatic rings. The molecule has 0 radical (unpaired) electrons. The minimum Gasteiger partial charge on any atom is -0.491 e. The Balaban J connectivity index is 1.52. The predicted molar refractivity (Wildman–Crippen MR) is 103 cm³/mol. The van der Waals surface area contributed by atoms with Crippen molar-refractivity contribution in [3.63, 3.8) is 0 Å². The number of halogens is 1.